The Morgan fingerprint density at radius 2 is 1.04 bits per heavy atom. The molecule has 0 aliphatic carbocycles. The number of para-hydroxylation sites is 2. The Labute approximate surface area is 288 Å². The Morgan fingerprint density at radius 1 is 0.479 bits per heavy atom. The van der Waals surface area contributed by atoms with E-state index < -0.39 is 0 Å². The van der Waals surface area contributed by atoms with Crippen molar-refractivity contribution >= 4 is 39.0 Å². The fraction of sp³-hybridized carbons (Fsp3) is 0.0233. The van der Waals surface area contributed by atoms with Crippen molar-refractivity contribution in [3.8, 4) is 55.3 Å². The van der Waals surface area contributed by atoms with Gasteiger partial charge < -0.3 is 5.32 Å². The number of hydrogen-bond acceptors (Lipinski definition) is 5. The van der Waals surface area contributed by atoms with Gasteiger partial charge in [0.15, 0.2) is 0 Å². The average Bonchev–Trinajstić information content (AvgIpc) is 3.80. The van der Waals surface area contributed by atoms with Crippen LogP contribution >= 0.6 is 23.1 Å². The first-order chi connectivity index (χ1) is 23.8. The first-order valence-electron chi connectivity index (χ1n) is 16.0. The van der Waals surface area contributed by atoms with E-state index in [1.165, 1.54) is 20.8 Å². The fourth-order valence-electron chi connectivity index (χ4n) is 6.35. The molecule has 0 saturated heterocycles. The van der Waals surface area contributed by atoms with Crippen LogP contribution in [0.5, 0.6) is 0 Å². The molecule has 1 unspecified atom stereocenters. The van der Waals surface area contributed by atoms with Crippen molar-refractivity contribution in [2.24, 2.45) is 0 Å². The largest absolute Gasteiger partial charge is 0.368 e. The predicted octanol–water partition coefficient (Wildman–Crippen LogP) is 12.2. The van der Waals surface area contributed by atoms with E-state index in [9.17, 15) is 0 Å². The quantitative estimate of drug-likeness (QED) is 0.194. The molecule has 0 amide bonds. The molecule has 1 atom stereocenters. The van der Waals surface area contributed by atoms with Gasteiger partial charge in [-0.3, -0.25) is 0 Å². The summed E-state index contributed by atoms with van der Waals surface area (Å²) in [6.07, 6.45) is 0. The van der Waals surface area contributed by atoms with Gasteiger partial charge in [0.1, 0.15) is 10.4 Å². The Kier molecular flexibility index (Phi) is 7.34. The highest BCUT2D eigenvalue weighted by atomic mass is 32.2. The third kappa shape index (κ3) is 5.37. The number of hydrogen-bond donors (Lipinski definition) is 1. The van der Waals surface area contributed by atoms with Crippen molar-refractivity contribution in [2.45, 2.75) is 10.3 Å². The Hall–Kier alpha value is -5.49. The summed E-state index contributed by atoms with van der Waals surface area (Å²) in [5.41, 5.74) is 13.2. The molecule has 0 saturated carbocycles. The van der Waals surface area contributed by atoms with Gasteiger partial charge in [-0.25, -0.2) is 9.97 Å². The van der Waals surface area contributed by atoms with E-state index in [0.29, 0.717) is 0 Å². The molecule has 3 nitrogen and oxygen atoms in total. The van der Waals surface area contributed by atoms with Crippen LogP contribution in [0.4, 0.5) is 5.69 Å². The number of nitrogens with one attached hydrogen (secondary N) is 1. The maximum Gasteiger partial charge on any atom is 0.124 e. The Morgan fingerprint density at radius 3 is 1.69 bits per heavy atom. The van der Waals surface area contributed by atoms with Crippen molar-refractivity contribution in [3.05, 3.63) is 169 Å². The minimum absolute atomic E-state index is 0.183. The lowest BCUT2D eigenvalue weighted by atomic mass is 9.91. The van der Waals surface area contributed by atoms with E-state index >= 15 is 0 Å². The van der Waals surface area contributed by atoms with Gasteiger partial charge in [0.2, 0.25) is 0 Å². The van der Waals surface area contributed by atoms with Crippen LogP contribution in [-0.4, -0.2) is 9.97 Å². The van der Waals surface area contributed by atoms with Crippen LogP contribution < -0.4 is 5.32 Å². The summed E-state index contributed by atoms with van der Waals surface area (Å²) in [6.45, 7) is 0. The van der Waals surface area contributed by atoms with Gasteiger partial charge in [-0.1, -0.05) is 145 Å². The minimum atomic E-state index is 0.183. The van der Waals surface area contributed by atoms with Crippen molar-refractivity contribution < 1.29 is 0 Å². The summed E-state index contributed by atoms with van der Waals surface area (Å²) < 4.78 is 1.20. The summed E-state index contributed by atoms with van der Waals surface area (Å²) in [7, 11) is 0. The number of thioether (sulfide) groups is 1. The summed E-state index contributed by atoms with van der Waals surface area (Å²) in [5, 5.41) is 4.88. The molecule has 0 fully saturated rings. The number of benzene rings is 6. The highest BCUT2D eigenvalue weighted by Gasteiger charge is 2.23. The summed E-state index contributed by atoms with van der Waals surface area (Å²) >= 11 is 3.59. The summed E-state index contributed by atoms with van der Waals surface area (Å²) in [6, 6.07) is 58.0. The van der Waals surface area contributed by atoms with Gasteiger partial charge in [-0.05, 0) is 47.0 Å². The van der Waals surface area contributed by atoms with E-state index in [1.807, 2.05) is 17.8 Å². The normalized spacial score (nSPS) is 13.7. The first kappa shape index (κ1) is 28.7. The van der Waals surface area contributed by atoms with Gasteiger partial charge in [0, 0.05) is 38.4 Å². The van der Waals surface area contributed by atoms with E-state index in [4.69, 9.17) is 9.97 Å². The molecule has 228 valence electrons. The first-order valence-corrected chi connectivity index (χ1v) is 17.7. The van der Waals surface area contributed by atoms with Crippen LogP contribution in [0.2, 0.25) is 0 Å². The van der Waals surface area contributed by atoms with Crippen molar-refractivity contribution in [1.82, 2.24) is 9.97 Å². The lowest BCUT2D eigenvalue weighted by Crippen LogP contribution is -2.01. The second kappa shape index (κ2) is 12.3. The number of rotatable bonds is 6. The molecule has 2 aromatic heterocycles. The van der Waals surface area contributed by atoms with E-state index in [0.717, 1.165) is 60.9 Å². The number of anilines is 1. The molecule has 1 aliphatic rings. The number of thiazole rings is 1. The van der Waals surface area contributed by atoms with Crippen molar-refractivity contribution in [1.29, 1.82) is 0 Å². The van der Waals surface area contributed by atoms with Crippen LogP contribution in [0.15, 0.2) is 169 Å². The van der Waals surface area contributed by atoms with Gasteiger partial charge in [-0.15, -0.1) is 11.3 Å². The van der Waals surface area contributed by atoms with Crippen LogP contribution in [0.3, 0.4) is 0 Å². The molecule has 6 aromatic carbocycles. The smallest absolute Gasteiger partial charge is 0.124 e. The molecule has 3 heterocycles. The van der Waals surface area contributed by atoms with E-state index in [2.05, 4.69) is 163 Å². The van der Waals surface area contributed by atoms with E-state index in [-0.39, 0.29) is 5.37 Å². The highest BCUT2D eigenvalue weighted by molar-refractivity contribution is 8.00. The molecule has 1 N–H and O–H groups in total. The van der Waals surface area contributed by atoms with Gasteiger partial charge in [-0.2, -0.15) is 0 Å². The third-order valence-electron chi connectivity index (χ3n) is 8.80. The van der Waals surface area contributed by atoms with Crippen LogP contribution in [0.1, 0.15) is 10.9 Å². The van der Waals surface area contributed by atoms with Crippen LogP contribution in [-0.2, 0) is 0 Å². The molecule has 1 aliphatic heterocycles. The lowest BCUT2D eigenvalue weighted by molar-refractivity contribution is 1.13. The van der Waals surface area contributed by atoms with Gasteiger partial charge in [0.25, 0.3) is 0 Å². The molecule has 0 bridgehead atoms. The fourth-order valence-corrected chi connectivity index (χ4v) is 8.46. The maximum atomic E-state index is 5.53. The second-order valence-corrected chi connectivity index (χ2v) is 14.0. The SMILES string of the molecule is c1ccc(-c2cc(-c3ccccc3)c(-c3ccc(C4Nc5ccccc5S4)cc3)nc2-c2ccc(-c3nc4ccccc4s3)cc2)cc1. The summed E-state index contributed by atoms with van der Waals surface area (Å²) in [5.74, 6) is 0. The number of pyridine rings is 1. The topological polar surface area (TPSA) is 37.8 Å². The van der Waals surface area contributed by atoms with Crippen LogP contribution in [0, 0.1) is 0 Å². The molecule has 5 heteroatoms. The second-order valence-electron chi connectivity index (χ2n) is 11.8. The standard InChI is InChI=1S/C43H29N3S2/c1-3-11-28(12-4-1)34-27-35(29-13-5-2-6-14-29)41(31-21-25-33(26-22-31)43-45-37-16-8-10-18-39(37)48-43)46-40(34)30-19-23-32(24-20-30)42-44-36-15-7-9-17-38(36)47-42/h1-27,42,44H. The average molecular weight is 652 g/mol. The molecule has 48 heavy (non-hydrogen) atoms. The number of fused-ring (bicyclic) bond motifs is 2. The zero-order valence-electron chi connectivity index (χ0n) is 25.9. The van der Waals surface area contributed by atoms with Crippen LogP contribution in [0.25, 0.3) is 65.6 Å². The maximum absolute atomic E-state index is 5.53. The van der Waals surface area contributed by atoms with Crippen molar-refractivity contribution in [2.75, 3.05) is 5.32 Å². The molecule has 0 spiro atoms. The highest BCUT2D eigenvalue weighted by Crippen LogP contribution is 2.47. The zero-order valence-corrected chi connectivity index (χ0v) is 27.5. The summed E-state index contributed by atoms with van der Waals surface area (Å²) in [4.78, 5) is 11.7. The minimum Gasteiger partial charge on any atom is -0.368 e. The molecular formula is C43H29N3S2. The number of nitrogens with zero attached hydrogens (tertiary/aromatic N) is 2. The van der Waals surface area contributed by atoms with Gasteiger partial charge >= 0.3 is 0 Å². The Balaban J connectivity index is 1.16. The molecule has 8 aromatic rings. The zero-order chi connectivity index (χ0) is 31.9. The molecule has 9 rings (SSSR count). The molecular weight excluding hydrogens is 623 g/mol. The Bertz CT molecular complexity index is 2330. The lowest BCUT2D eigenvalue weighted by Gasteiger charge is -2.18. The predicted molar refractivity (Wildman–Crippen MR) is 203 cm³/mol. The third-order valence-corrected chi connectivity index (χ3v) is 11.1. The van der Waals surface area contributed by atoms with Crippen molar-refractivity contribution in [3.63, 3.8) is 0 Å². The monoisotopic (exact) mass is 651 g/mol. The van der Waals surface area contributed by atoms with E-state index in [1.54, 1.807) is 11.3 Å². The molecule has 0 radical (unpaired) electrons. The number of aromatic nitrogens is 2. The van der Waals surface area contributed by atoms with Gasteiger partial charge in [0.05, 0.1) is 21.6 Å².